The number of H-pyrrole nitrogens is 1. The number of amides is 1. The van der Waals surface area contributed by atoms with Gasteiger partial charge in [-0.15, -0.1) is 0 Å². The van der Waals surface area contributed by atoms with Crippen LogP contribution in [0, 0.1) is 11.8 Å². The summed E-state index contributed by atoms with van der Waals surface area (Å²) < 4.78 is 0. The lowest BCUT2D eigenvalue weighted by molar-refractivity contribution is -0.125. The second-order valence-electron chi connectivity index (χ2n) is 8.41. The van der Waals surface area contributed by atoms with Crippen molar-refractivity contribution in [2.45, 2.75) is 89.5 Å². The highest BCUT2D eigenvalue weighted by molar-refractivity contribution is 5.82. The Labute approximate surface area is 162 Å². The summed E-state index contributed by atoms with van der Waals surface area (Å²) in [6.07, 6.45) is 8.77. The van der Waals surface area contributed by atoms with Gasteiger partial charge < -0.3 is 26.2 Å². The Bertz CT molecular complexity index is 543. The van der Waals surface area contributed by atoms with Crippen molar-refractivity contribution in [3.05, 3.63) is 18.2 Å². The molecular formula is C20H36N4O3. The van der Waals surface area contributed by atoms with E-state index in [-0.39, 0.29) is 11.8 Å². The highest BCUT2D eigenvalue weighted by Gasteiger charge is 2.32. The van der Waals surface area contributed by atoms with E-state index in [1.165, 1.54) is 19.3 Å². The van der Waals surface area contributed by atoms with Gasteiger partial charge >= 0.3 is 0 Å². The number of hydrogen-bond donors (Lipinski definition) is 5. The highest BCUT2D eigenvalue weighted by Crippen LogP contribution is 2.29. The van der Waals surface area contributed by atoms with E-state index in [2.05, 4.69) is 15.3 Å². The van der Waals surface area contributed by atoms with E-state index >= 15 is 0 Å². The van der Waals surface area contributed by atoms with Gasteiger partial charge in [0.25, 0.3) is 0 Å². The minimum absolute atomic E-state index is 0.266. The number of aromatic nitrogens is 2. The molecule has 0 aliphatic heterocycles. The number of imidazole rings is 1. The summed E-state index contributed by atoms with van der Waals surface area (Å²) in [4.78, 5) is 19.6. The fourth-order valence-corrected chi connectivity index (χ4v) is 3.97. The topological polar surface area (TPSA) is 124 Å². The van der Waals surface area contributed by atoms with E-state index < -0.39 is 24.3 Å². The first-order chi connectivity index (χ1) is 12.9. The standard InChI is InChI=1S/C20H36N4O3/c1-13(2)8-18(25)19(26)17(9-14-6-4-3-5-7-14)24-20(27)16(21)10-15-11-22-12-23-15/h11-14,16-19,25-26H,3-10,21H2,1-2H3,(H,22,23)(H,24,27)/t16-,17-,18-,19+/m0/s1. The van der Waals surface area contributed by atoms with Crippen molar-refractivity contribution in [3.63, 3.8) is 0 Å². The lowest BCUT2D eigenvalue weighted by Gasteiger charge is -2.33. The molecule has 6 N–H and O–H groups in total. The van der Waals surface area contributed by atoms with Gasteiger partial charge in [-0.1, -0.05) is 46.0 Å². The quantitative estimate of drug-likeness (QED) is 0.421. The minimum atomic E-state index is -0.990. The van der Waals surface area contributed by atoms with Gasteiger partial charge in [-0.2, -0.15) is 0 Å². The first kappa shape index (κ1) is 21.9. The smallest absolute Gasteiger partial charge is 0.237 e. The first-order valence-corrected chi connectivity index (χ1v) is 10.3. The highest BCUT2D eigenvalue weighted by atomic mass is 16.3. The maximum absolute atomic E-state index is 12.6. The molecule has 1 aromatic heterocycles. The molecule has 1 aromatic rings. The van der Waals surface area contributed by atoms with Crippen molar-refractivity contribution in [1.82, 2.24) is 15.3 Å². The fourth-order valence-electron chi connectivity index (χ4n) is 3.97. The SMILES string of the molecule is CC(C)C[C@H](O)[C@H](O)[C@H](CC1CCCCC1)NC(=O)[C@@H](N)Cc1c[nH]cn1. The van der Waals surface area contributed by atoms with E-state index in [1.54, 1.807) is 12.5 Å². The molecule has 1 fully saturated rings. The van der Waals surface area contributed by atoms with Gasteiger partial charge in [0.2, 0.25) is 5.91 Å². The van der Waals surface area contributed by atoms with Crippen LogP contribution < -0.4 is 11.1 Å². The number of carbonyl (C=O) groups excluding carboxylic acids is 1. The van der Waals surface area contributed by atoms with E-state index in [4.69, 9.17) is 5.73 Å². The van der Waals surface area contributed by atoms with Crippen LogP contribution in [0.1, 0.15) is 64.5 Å². The van der Waals surface area contributed by atoms with Crippen LogP contribution in [0.3, 0.4) is 0 Å². The zero-order valence-corrected chi connectivity index (χ0v) is 16.6. The third-order valence-electron chi connectivity index (χ3n) is 5.48. The van der Waals surface area contributed by atoms with Crippen molar-refractivity contribution in [3.8, 4) is 0 Å². The molecular weight excluding hydrogens is 344 g/mol. The number of hydrogen-bond acceptors (Lipinski definition) is 5. The summed E-state index contributed by atoms with van der Waals surface area (Å²) in [5.41, 5.74) is 6.76. The maximum atomic E-state index is 12.6. The Morgan fingerprint density at radius 1 is 1.33 bits per heavy atom. The van der Waals surface area contributed by atoms with Crippen molar-refractivity contribution < 1.29 is 15.0 Å². The van der Waals surface area contributed by atoms with E-state index in [0.717, 1.165) is 18.5 Å². The Morgan fingerprint density at radius 2 is 2.04 bits per heavy atom. The molecule has 0 aromatic carbocycles. The van der Waals surface area contributed by atoms with Crippen molar-refractivity contribution >= 4 is 5.91 Å². The van der Waals surface area contributed by atoms with Crippen LogP contribution in [-0.4, -0.2) is 50.4 Å². The first-order valence-electron chi connectivity index (χ1n) is 10.3. The second-order valence-corrected chi connectivity index (χ2v) is 8.41. The number of aliphatic hydroxyl groups excluding tert-OH is 2. The molecule has 7 heteroatoms. The molecule has 0 radical (unpaired) electrons. The summed E-state index contributed by atoms with van der Waals surface area (Å²) >= 11 is 0. The molecule has 0 unspecified atom stereocenters. The summed E-state index contributed by atoms with van der Waals surface area (Å²) in [6.45, 7) is 4.01. The number of rotatable bonds is 10. The number of nitrogens with two attached hydrogens (primary N) is 1. The van der Waals surface area contributed by atoms with E-state index in [9.17, 15) is 15.0 Å². The van der Waals surface area contributed by atoms with Crippen LogP contribution in [-0.2, 0) is 11.2 Å². The summed E-state index contributed by atoms with van der Waals surface area (Å²) in [5.74, 6) is 0.421. The number of nitrogens with zero attached hydrogens (tertiary/aromatic N) is 1. The summed E-state index contributed by atoms with van der Waals surface area (Å²) in [6, 6.07) is -1.23. The maximum Gasteiger partial charge on any atom is 0.237 e. The average Bonchev–Trinajstić information content (AvgIpc) is 3.13. The Kier molecular flexibility index (Phi) is 8.73. The van der Waals surface area contributed by atoms with Gasteiger partial charge in [0, 0.05) is 12.6 Å². The molecule has 1 aliphatic carbocycles. The molecule has 2 rings (SSSR count). The minimum Gasteiger partial charge on any atom is -0.390 e. The molecule has 1 heterocycles. The largest absolute Gasteiger partial charge is 0.390 e. The predicted molar refractivity (Wildman–Crippen MR) is 105 cm³/mol. The van der Waals surface area contributed by atoms with Gasteiger partial charge in [0.15, 0.2) is 0 Å². The molecule has 0 spiro atoms. The molecule has 4 atom stereocenters. The third kappa shape index (κ3) is 7.24. The van der Waals surface area contributed by atoms with Crippen LogP contribution in [0.25, 0.3) is 0 Å². The zero-order chi connectivity index (χ0) is 19.8. The van der Waals surface area contributed by atoms with Crippen LogP contribution in [0.5, 0.6) is 0 Å². The van der Waals surface area contributed by atoms with Crippen LogP contribution in [0.15, 0.2) is 12.5 Å². The molecule has 1 amide bonds. The molecule has 7 nitrogen and oxygen atoms in total. The van der Waals surface area contributed by atoms with Gasteiger partial charge in [0.05, 0.1) is 30.2 Å². The zero-order valence-electron chi connectivity index (χ0n) is 16.6. The van der Waals surface area contributed by atoms with E-state index in [1.807, 2.05) is 13.8 Å². The molecule has 1 aliphatic rings. The Morgan fingerprint density at radius 3 is 2.63 bits per heavy atom. The molecule has 0 saturated heterocycles. The number of carbonyl (C=O) groups is 1. The van der Waals surface area contributed by atoms with Crippen LogP contribution >= 0.6 is 0 Å². The molecule has 27 heavy (non-hydrogen) atoms. The van der Waals surface area contributed by atoms with Crippen molar-refractivity contribution in [2.75, 3.05) is 0 Å². The second kappa shape index (κ2) is 10.8. The fraction of sp³-hybridized carbons (Fsp3) is 0.800. The number of nitrogens with one attached hydrogen (secondary N) is 2. The molecule has 0 bridgehead atoms. The van der Waals surface area contributed by atoms with Crippen molar-refractivity contribution in [1.29, 1.82) is 0 Å². The number of aromatic amines is 1. The van der Waals surface area contributed by atoms with Crippen LogP contribution in [0.4, 0.5) is 0 Å². The van der Waals surface area contributed by atoms with Gasteiger partial charge in [-0.05, 0) is 24.7 Å². The van der Waals surface area contributed by atoms with E-state index in [0.29, 0.717) is 25.2 Å². The molecule has 1 saturated carbocycles. The van der Waals surface area contributed by atoms with Crippen LogP contribution in [0.2, 0.25) is 0 Å². The summed E-state index contributed by atoms with van der Waals surface area (Å²) in [7, 11) is 0. The van der Waals surface area contributed by atoms with Gasteiger partial charge in [-0.3, -0.25) is 4.79 Å². The normalized spacial score (nSPS) is 20.2. The Hall–Kier alpha value is -1.44. The van der Waals surface area contributed by atoms with Gasteiger partial charge in [0.1, 0.15) is 6.10 Å². The summed E-state index contributed by atoms with van der Waals surface area (Å²) in [5, 5.41) is 24.0. The predicted octanol–water partition coefficient (Wildman–Crippen LogP) is 1.50. The van der Waals surface area contributed by atoms with Gasteiger partial charge in [-0.25, -0.2) is 4.98 Å². The lowest BCUT2D eigenvalue weighted by atomic mass is 9.82. The Balaban J connectivity index is 1.99. The third-order valence-corrected chi connectivity index (χ3v) is 5.48. The lowest BCUT2D eigenvalue weighted by Crippen LogP contribution is -2.54. The monoisotopic (exact) mass is 380 g/mol. The molecule has 154 valence electrons. The number of aliphatic hydroxyl groups is 2. The average molecular weight is 381 g/mol. The van der Waals surface area contributed by atoms with Crippen molar-refractivity contribution in [2.24, 2.45) is 17.6 Å².